The number of hydrogen-bond donors (Lipinski definition) is 1. The lowest BCUT2D eigenvalue weighted by Crippen LogP contribution is -2.26. The number of nitrogens with one attached hydrogen (secondary N) is 1. The fourth-order valence-corrected chi connectivity index (χ4v) is 2.02. The van der Waals surface area contributed by atoms with Crippen molar-refractivity contribution in [1.29, 1.82) is 0 Å². The summed E-state index contributed by atoms with van der Waals surface area (Å²) < 4.78 is 0.913. The van der Waals surface area contributed by atoms with Gasteiger partial charge >= 0.3 is 0 Å². The smallest absolute Gasteiger partial charge is 0.0973 e. The van der Waals surface area contributed by atoms with Crippen LogP contribution < -0.4 is 5.32 Å². The highest BCUT2D eigenvalue weighted by atomic mass is 35.5. The summed E-state index contributed by atoms with van der Waals surface area (Å²) in [5.41, 5.74) is 1.23. The van der Waals surface area contributed by atoms with E-state index in [4.69, 9.17) is 11.6 Å². The van der Waals surface area contributed by atoms with E-state index >= 15 is 0 Å². The molecule has 1 aromatic heterocycles. The number of rotatable bonds is 5. The molecule has 0 amide bonds. The molecule has 0 aliphatic heterocycles. The van der Waals surface area contributed by atoms with E-state index in [1.54, 1.807) is 11.3 Å². The molecule has 0 spiro atoms. The normalized spacial score (nSPS) is 11.1. The van der Waals surface area contributed by atoms with E-state index in [0.29, 0.717) is 0 Å². The van der Waals surface area contributed by atoms with Crippen LogP contribution in [-0.4, -0.2) is 32.1 Å². The Hall–Kier alpha value is -0.0900. The van der Waals surface area contributed by atoms with Gasteiger partial charge in [0.2, 0.25) is 0 Å². The van der Waals surface area contributed by atoms with Crippen molar-refractivity contribution in [3.05, 3.63) is 21.3 Å². The molecule has 0 aliphatic carbocycles. The summed E-state index contributed by atoms with van der Waals surface area (Å²) in [6.45, 7) is 2.99. The molecule has 0 aromatic carbocycles. The van der Waals surface area contributed by atoms with Gasteiger partial charge in [-0.1, -0.05) is 11.6 Å². The minimum absolute atomic E-state index is 0.913. The lowest BCUT2D eigenvalue weighted by atomic mass is 10.3. The quantitative estimate of drug-likeness (QED) is 0.814. The molecule has 1 aromatic rings. The molecule has 0 bridgehead atoms. The predicted molar refractivity (Wildman–Crippen MR) is 59.6 cm³/mol. The zero-order valence-electron chi connectivity index (χ0n) is 8.01. The van der Waals surface area contributed by atoms with Gasteiger partial charge in [0.1, 0.15) is 0 Å². The molecule has 1 N–H and O–H groups in total. The maximum absolute atomic E-state index is 5.99. The van der Waals surface area contributed by atoms with E-state index in [1.165, 1.54) is 5.56 Å². The van der Waals surface area contributed by atoms with Gasteiger partial charge in [0.25, 0.3) is 0 Å². The minimum Gasteiger partial charge on any atom is -0.318 e. The molecule has 0 atom stereocenters. The summed E-state index contributed by atoms with van der Waals surface area (Å²) in [4.78, 5) is 2.25. The number of hydrogen-bond acceptors (Lipinski definition) is 3. The zero-order valence-corrected chi connectivity index (χ0v) is 9.58. The van der Waals surface area contributed by atoms with Crippen LogP contribution in [0.15, 0.2) is 11.4 Å². The highest BCUT2D eigenvalue weighted by molar-refractivity contribution is 7.14. The van der Waals surface area contributed by atoms with E-state index in [-0.39, 0.29) is 0 Å². The molecular weight excluding hydrogens is 204 g/mol. The lowest BCUT2D eigenvalue weighted by molar-refractivity contribution is 0.328. The third kappa shape index (κ3) is 3.65. The first-order chi connectivity index (χ1) is 6.24. The molecular formula is C9H15ClN2S. The van der Waals surface area contributed by atoms with Crippen molar-refractivity contribution in [2.45, 2.75) is 6.54 Å². The standard InChI is InChI=1S/C9H15ClN2S/c1-11-4-5-12(2)7-8-3-6-13-9(8)10/h3,6,11H,4-5,7H2,1-2H3. The molecule has 0 unspecified atom stereocenters. The fourth-order valence-electron chi connectivity index (χ4n) is 1.10. The fraction of sp³-hybridized carbons (Fsp3) is 0.556. The van der Waals surface area contributed by atoms with Gasteiger partial charge in [0.15, 0.2) is 0 Å². The molecule has 1 heterocycles. The molecule has 0 saturated heterocycles. The van der Waals surface area contributed by atoms with Crippen molar-refractivity contribution in [2.24, 2.45) is 0 Å². The molecule has 0 fully saturated rings. The summed E-state index contributed by atoms with van der Waals surface area (Å²) in [6.07, 6.45) is 0. The second kappa shape index (κ2) is 5.60. The summed E-state index contributed by atoms with van der Waals surface area (Å²) in [7, 11) is 4.07. The monoisotopic (exact) mass is 218 g/mol. The Bertz CT molecular complexity index is 250. The zero-order chi connectivity index (χ0) is 9.68. The van der Waals surface area contributed by atoms with Gasteiger partial charge in [-0.15, -0.1) is 11.3 Å². The topological polar surface area (TPSA) is 15.3 Å². The third-order valence-corrected chi connectivity index (χ3v) is 3.13. The minimum atomic E-state index is 0.913. The van der Waals surface area contributed by atoms with Crippen LogP contribution in [0.4, 0.5) is 0 Å². The summed E-state index contributed by atoms with van der Waals surface area (Å²) in [6, 6.07) is 2.09. The molecule has 0 radical (unpaired) electrons. The highest BCUT2D eigenvalue weighted by Crippen LogP contribution is 2.23. The second-order valence-corrected chi connectivity index (χ2v) is 4.58. The Morgan fingerprint density at radius 1 is 1.62 bits per heavy atom. The van der Waals surface area contributed by atoms with Crippen LogP contribution in [0.1, 0.15) is 5.56 Å². The lowest BCUT2D eigenvalue weighted by Gasteiger charge is -2.15. The first-order valence-electron chi connectivity index (χ1n) is 4.29. The predicted octanol–water partition coefficient (Wildman–Crippen LogP) is 2.05. The van der Waals surface area contributed by atoms with Gasteiger partial charge in [-0.2, -0.15) is 0 Å². The van der Waals surface area contributed by atoms with Crippen LogP contribution in [0, 0.1) is 0 Å². The van der Waals surface area contributed by atoms with Crippen molar-refractivity contribution in [1.82, 2.24) is 10.2 Å². The first-order valence-corrected chi connectivity index (χ1v) is 5.55. The van der Waals surface area contributed by atoms with Crippen molar-refractivity contribution in [3.63, 3.8) is 0 Å². The van der Waals surface area contributed by atoms with E-state index in [1.807, 2.05) is 12.4 Å². The molecule has 1 rings (SSSR count). The van der Waals surface area contributed by atoms with Crippen molar-refractivity contribution >= 4 is 22.9 Å². The third-order valence-electron chi connectivity index (χ3n) is 1.88. The van der Waals surface area contributed by atoms with Gasteiger partial charge in [-0.3, -0.25) is 0 Å². The van der Waals surface area contributed by atoms with Gasteiger partial charge in [-0.05, 0) is 31.1 Å². The van der Waals surface area contributed by atoms with Gasteiger partial charge < -0.3 is 10.2 Å². The Labute approximate surface area is 88.5 Å². The Morgan fingerprint density at radius 3 is 2.92 bits per heavy atom. The number of nitrogens with zero attached hydrogens (tertiary/aromatic N) is 1. The highest BCUT2D eigenvalue weighted by Gasteiger charge is 2.04. The van der Waals surface area contributed by atoms with E-state index in [9.17, 15) is 0 Å². The van der Waals surface area contributed by atoms with E-state index < -0.39 is 0 Å². The number of halogens is 1. The van der Waals surface area contributed by atoms with Crippen LogP contribution in [0.25, 0.3) is 0 Å². The first kappa shape index (κ1) is 11.0. The Morgan fingerprint density at radius 2 is 2.38 bits per heavy atom. The second-order valence-electron chi connectivity index (χ2n) is 3.06. The molecule has 74 valence electrons. The Kier molecular flexibility index (Phi) is 4.73. The van der Waals surface area contributed by atoms with Crippen molar-refractivity contribution in [3.8, 4) is 0 Å². The average molecular weight is 219 g/mol. The van der Waals surface area contributed by atoms with Gasteiger partial charge in [-0.25, -0.2) is 0 Å². The maximum atomic E-state index is 5.99. The summed E-state index contributed by atoms with van der Waals surface area (Å²) in [5, 5.41) is 5.15. The molecule has 4 heteroatoms. The Balaban J connectivity index is 2.36. The summed E-state index contributed by atoms with van der Waals surface area (Å²) >= 11 is 7.59. The van der Waals surface area contributed by atoms with Crippen molar-refractivity contribution in [2.75, 3.05) is 27.2 Å². The number of thiophene rings is 1. The molecule has 2 nitrogen and oxygen atoms in total. The van der Waals surface area contributed by atoms with Crippen LogP contribution in [-0.2, 0) is 6.54 Å². The average Bonchev–Trinajstić information content (AvgIpc) is 2.48. The van der Waals surface area contributed by atoms with Gasteiger partial charge in [0, 0.05) is 19.6 Å². The van der Waals surface area contributed by atoms with Crippen LogP contribution in [0.2, 0.25) is 4.34 Å². The van der Waals surface area contributed by atoms with Crippen LogP contribution in [0.5, 0.6) is 0 Å². The van der Waals surface area contributed by atoms with Gasteiger partial charge in [0.05, 0.1) is 4.34 Å². The SMILES string of the molecule is CNCCN(C)Cc1ccsc1Cl. The molecule has 0 saturated carbocycles. The maximum Gasteiger partial charge on any atom is 0.0973 e. The summed E-state index contributed by atoms with van der Waals surface area (Å²) in [5.74, 6) is 0. The van der Waals surface area contributed by atoms with E-state index in [2.05, 4.69) is 23.3 Å². The molecule has 13 heavy (non-hydrogen) atoms. The van der Waals surface area contributed by atoms with Crippen LogP contribution in [0.3, 0.4) is 0 Å². The molecule has 0 aliphatic rings. The van der Waals surface area contributed by atoms with E-state index in [0.717, 1.165) is 24.0 Å². The van der Waals surface area contributed by atoms with Crippen LogP contribution >= 0.6 is 22.9 Å². The number of likely N-dealkylation sites (N-methyl/N-ethyl adjacent to an activating group) is 2. The van der Waals surface area contributed by atoms with Crippen molar-refractivity contribution < 1.29 is 0 Å². The largest absolute Gasteiger partial charge is 0.318 e.